The van der Waals surface area contributed by atoms with E-state index in [4.69, 9.17) is 10.00 Å². The molecule has 1 rings (SSSR count). The molecule has 0 aliphatic rings. The van der Waals surface area contributed by atoms with E-state index < -0.39 is 5.60 Å². The molecule has 112 valence electrons. The molecule has 1 aromatic rings. The van der Waals surface area contributed by atoms with Crippen LogP contribution in [0.4, 0.5) is 0 Å². The van der Waals surface area contributed by atoms with Gasteiger partial charge in [-0.25, -0.2) is 4.98 Å². The van der Waals surface area contributed by atoms with Gasteiger partial charge < -0.3 is 10.1 Å². The number of esters is 1. The van der Waals surface area contributed by atoms with Crippen LogP contribution in [0.5, 0.6) is 0 Å². The first-order chi connectivity index (χ1) is 9.73. The average Bonchev–Trinajstić information content (AvgIpc) is 2.36. The topological polar surface area (TPSA) is 92.1 Å². The summed E-state index contributed by atoms with van der Waals surface area (Å²) in [6.07, 6.45) is 0.0955. The number of nitriles is 1. The highest BCUT2D eigenvalue weighted by Gasteiger charge is 2.16. The maximum absolute atomic E-state index is 11.9. The third-order valence-corrected chi connectivity index (χ3v) is 2.47. The van der Waals surface area contributed by atoms with E-state index in [-0.39, 0.29) is 30.5 Å². The smallest absolute Gasteiger partial charge is 0.308 e. The number of ether oxygens (including phenoxy) is 1. The highest BCUT2D eigenvalue weighted by molar-refractivity contribution is 5.92. The standard InChI is InChI=1S/C15H19N3O3/c1-10-11(9-16)5-6-12(18-10)14(20)17-8-7-13(19)21-15(2,3)4/h5-6H,7-8H2,1-4H3,(H,17,20). The van der Waals surface area contributed by atoms with E-state index in [2.05, 4.69) is 10.3 Å². The maximum Gasteiger partial charge on any atom is 0.308 e. The zero-order valence-electron chi connectivity index (χ0n) is 12.7. The fourth-order valence-corrected chi connectivity index (χ4v) is 1.57. The van der Waals surface area contributed by atoms with Crippen LogP contribution in [0.25, 0.3) is 0 Å². The van der Waals surface area contributed by atoms with Gasteiger partial charge in [-0.2, -0.15) is 5.26 Å². The zero-order valence-corrected chi connectivity index (χ0v) is 12.7. The quantitative estimate of drug-likeness (QED) is 0.852. The summed E-state index contributed by atoms with van der Waals surface area (Å²) in [5.74, 6) is -0.752. The van der Waals surface area contributed by atoms with Crippen LogP contribution >= 0.6 is 0 Å². The highest BCUT2D eigenvalue weighted by Crippen LogP contribution is 2.08. The van der Waals surface area contributed by atoms with E-state index in [0.717, 1.165) is 0 Å². The lowest BCUT2D eigenvalue weighted by Crippen LogP contribution is -2.30. The summed E-state index contributed by atoms with van der Waals surface area (Å²) >= 11 is 0. The van der Waals surface area contributed by atoms with Crippen LogP contribution in [0, 0.1) is 18.3 Å². The SMILES string of the molecule is Cc1nc(C(=O)NCCC(=O)OC(C)(C)C)ccc1C#N. The lowest BCUT2D eigenvalue weighted by Gasteiger charge is -2.19. The van der Waals surface area contributed by atoms with E-state index in [0.29, 0.717) is 11.3 Å². The molecule has 1 heterocycles. The molecule has 0 aromatic carbocycles. The Morgan fingerprint density at radius 3 is 2.57 bits per heavy atom. The molecule has 0 spiro atoms. The fourth-order valence-electron chi connectivity index (χ4n) is 1.57. The first-order valence-corrected chi connectivity index (χ1v) is 6.61. The van der Waals surface area contributed by atoms with Crippen molar-refractivity contribution in [3.63, 3.8) is 0 Å². The lowest BCUT2D eigenvalue weighted by molar-refractivity contribution is -0.154. The third kappa shape index (κ3) is 5.61. The molecular weight excluding hydrogens is 270 g/mol. The first kappa shape index (κ1) is 16.6. The van der Waals surface area contributed by atoms with Crippen molar-refractivity contribution in [2.75, 3.05) is 6.54 Å². The van der Waals surface area contributed by atoms with Crippen molar-refractivity contribution >= 4 is 11.9 Å². The summed E-state index contributed by atoms with van der Waals surface area (Å²) in [6, 6.07) is 5.01. The molecule has 0 saturated carbocycles. The van der Waals surface area contributed by atoms with Gasteiger partial charge in [-0.1, -0.05) is 0 Å². The molecule has 0 unspecified atom stereocenters. The zero-order chi connectivity index (χ0) is 16.0. The molecule has 1 N–H and O–H groups in total. The Labute approximate surface area is 124 Å². The van der Waals surface area contributed by atoms with Crippen molar-refractivity contribution in [2.24, 2.45) is 0 Å². The first-order valence-electron chi connectivity index (χ1n) is 6.61. The van der Waals surface area contributed by atoms with Crippen LogP contribution in [0.1, 0.15) is 48.9 Å². The normalized spacial score (nSPS) is 10.6. The van der Waals surface area contributed by atoms with E-state index in [1.165, 1.54) is 6.07 Å². The van der Waals surface area contributed by atoms with Crippen molar-refractivity contribution in [1.29, 1.82) is 5.26 Å². The molecule has 0 fully saturated rings. The number of hydrogen-bond donors (Lipinski definition) is 1. The second kappa shape index (κ2) is 6.84. The molecule has 0 radical (unpaired) electrons. The van der Waals surface area contributed by atoms with Crippen molar-refractivity contribution in [3.05, 3.63) is 29.1 Å². The second-order valence-corrected chi connectivity index (χ2v) is 5.53. The molecule has 21 heavy (non-hydrogen) atoms. The van der Waals surface area contributed by atoms with Gasteiger partial charge in [0.1, 0.15) is 17.4 Å². The second-order valence-electron chi connectivity index (χ2n) is 5.53. The molecule has 0 saturated heterocycles. The van der Waals surface area contributed by atoms with Gasteiger partial charge in [0.05, 0.1) is 17.7 Å². The van der Waals surface area contributed by atoms with Gasteiger partial charge in [0.15, 0.2) is 0 Å². The summed E-state index contributed by atoms with van der Waals surface area (Å²) in [7, 11) is 0. The maximum atomic E-state index is 11.9. The summed E-state index contributed by atoms with van der Waals surface area (Å²) in [5, 5.41) is 11.4. The molecule has 1 amide bonds. The number of rotatable bonds is 4. The number of nitrogens with zero attached hydrogens (tertiary/aromatic N) is 2. The molecule has 0 aliphatic carbocycles. The highest BCUT2D eigenvalue weighted by atomic mass is 16.6. The van der Waals surface area contributed by atoms with Crippen LogP contribution in [0.15, 0.2) is 12.1 Å². The van der Waals surface area contributed by atoms with E-state index >= 15 is 0 Å². The number of pyridine rings is 1. The van der Waals surface area contributed by atoms with Gasteiger partial charge in [0.2, 0.25) is 0 Å². The Balaban J connectivity index is 2.50. The van der Waals surface area contributed by atoms with Gasteiger partial charge in [0.25, 0.3) is 5.91 Å². The Bertz CT molecular complexity index is 583. The summed E-state index contributed by atoms with van der Waals surface area (Å²) in [4.78, 5) is 27.4. The molecule has 0 atom stereocenters. The monoisotopic (exact) mass is 289 g/mol. The van der Waals surface area contributed by atoms with Crippen LogP contribution < -0.4 is 5.32 Å². The molecule has 6 heteroatoms. The van der Waals surface area contributed by atoms with Gasteiger partial charge >= 0.3 is 5.97 Å². The fraction of sp³-hybridized carbons (Fsp3) is 0.467. The van der Waals surface area contributed by atoms with E-state index in [1.807, 2.05) is 6.07 Å². The Kier molecular flexibility index (Phi) is 5.42. The number of aryl methyl sites for hydroxylation is 1. The largest absolute Gasteiger partial charge is 0.460 e. The minimum Gasteiger partial charge on any atom is -0.460 e. The van der Waals surface area contributed by atoms with Crippen LogP contribution in [0.3, 0.4) is 0 Å². The van der Waals surface area contributed by atoms with Crippen molar-refractivity contribution in [3.8, 4) is 6.07 Å². The van der Waals surface area contributed by atoms with Gasteiger partial charge in [-0.3, -0.25) is 9.59 Å². The number of hydrogen-bond acceptors (Lipinski definition) is 5. The van der Waals surface area contributed by atoms with Gasteiger partial charge in [0, 0.05) is 6.54 Å². The number of carbonyl (C=O) groups excluding carboxylic acids is 2. The molecule has 0 bridgehead atoms. The Morgan fingerprint density at radius 2 is 2.05 bits per heavy atom. The van der Waals surface area contributed by atoms with Crippen LogP contribution in [-0.2, 0) is 9.53 Å². The van der Waals surface area contributed by atoms with Crippen molar-refractivity contribution in [2.45, 2.75) is 39.7 Å². The molecule has 0 aliphatic heterocycles. The van der Waals surface area contributed by atoms with Crippen LogP contribution in [0.2, 0.25) is 0 Å². The lowest BCUT2D eigenvalue weighted by atomic mass is 10.2. The molecule has 6 nitrogen and oxygen atoms in total. The number of aromatic nitrogens is 1. The van der Waals surface area contributed by atoms with E-state index in [9.17, 15) is 9.59 Å². The van der Waals surface area contributed by atoms with Gasteiger partial charge in [-0.05, 0) is 39.8 Å². The van der Waals surface area contributed by atoms with Crippen molar-refractivity contribution in [1.82, 2.24) is 10.3 Å². The van der Waals surface area contributed by atoms with E-state index in [1.54, 1.807) is 33.8 Å². The third-order valence-electron chi connectivity index (χ3n) is 2.47. The number of amides is 1. The minimum atomic E-state index is -0.535. The number of carbonyl (C=O) groups is 2. The molecule has 1 aromatic heterocycles. The van der Waals surface area contributed by atoms with Crippen molar-refractivity contribution < 1.29 is 14.3 Å². The van der Waals surface area contributed by atoms with Crippen LogP contribution in [-0.4, -0.2) is 29.0 Å². The predicted octanol–water partition coefficient (Wildman–Crippen LogP) is 1.72. The number of nitrogens with one attached hydrogen (secondary N) is 1. The Morgan fingerprint density at radius 1 is 1.38 bits per heavy atom. The summed E-state index contributed by atoms with van der Waals surface area (Å²) < 4.78 is 5.13. The minimum absolute atomic E-state index is 0.0955. The average molecular weight is 289 g/mol. The Hall–Kier alpha value is -2.42. The van der Waals surface area contributed by atoms with Gasteiger partial charge in [-0.15, -0.1) is 0 Å². The summed E-state index contributed by atoms with van der Waals surface area (Å²) in [6.45, 7) is 7.19. The predicted molar refractivity (Wildman–Crippen MR) is 76.5 cm³/mol. The molecular formula is C15H19N3O3. The summed E-state index contributed by atoms with van der Waals surface area (Å²) in [5.41, 5.74) is 0.612.